The third-order valence-electron chi connectivity index (χ3n) is 15.2. The molecule has 18 atom stereocenters. The number of aryl methyl sites for hydroxylation is 1. The van der Waals surface area contributed by atoms with Crippen LogP contribution in [0.1, 0.15) is 114 Å². The minimum atomic E-state index is -3.55. The van der Waals surface area contributed by atoms with Gasteiger partial charge in [0, 0.05) is 68.0 Å². The zero-order valence-corrected chi connectivity index (χ0v) is 45.8. The fourth-order valence-electron chi connectivity index (χ4n) is 11.2. The number of Topliss-reactive ketones (excluding diaryl/α,β-unsaturated/α-hetero) is 1. The van der Waals surface area contributed by atoms with E-state index in [2.05, 4.69) is 11.8 Å². The van der Waals surface area contributed by atoms with Crippen molar-refractivity contribution in [2.24, 2.45) is 29.6 Å². The molecule has 1 amide bonds. The van der Waals surface area contributed by atoms with Crippen molar-refractivity contribution in [2.45, 2.75) is 199 Å². The van der Waals surface area contributed by atoms with Crippen molar-refractivity contribution < 1.29 is 75.3 Å². The molecule has 70 heavy (non-hydrogen) atoms. The van der Waals surface area contributed by atoms with Crippen molar-refractivity contribution in [3.63, 3.8) is 0 Å². The summed E-state index contributed by atoms with van der Waals surface area (Å²) in [4.78, 5) is 58.2. The highest BCUT2D eigenvalue weighted by molar-refractivity contribution is 8.13. The zero-order valence-electron chi connectivity index (χ0n) is 44.3. The lowest BCUT2D eigenvalue weighted by Gasteiger charge is -2.50. The predicted octanol–water partition coefficient (Wildman–Crippen LogP) is 6.63. The van der Waals surface area contributed by atoms with Crippen LogP contribution in [0.3, 0.4) is 0 Å². The Labute approximate surface area is 420 Å². The molecular weight excluding hydrogens is 952 g/mol. The van der Waals surface area contributed by atoms with E-state index in [1.807, 2.05) is 55.6 Å². The van der Waals surface area contributed by atoms with Crippen LogP contribution in [0.25, 0.3) is 0 Å². The first-order valence-corrected chi connectivity index (χ1v) is 26.7. The molecule has 1 aromatic rings. The van der Waals surface area contributed by atoms with E-state index in [1.165, 1.54) is 26.2 Å². The number of ketones is 1. The summed E-state index contributed by atoms with van der Waals surface area (Å²) in [6.07, 6.45) is -5.45. The van der Waals surface area contributed by atoms with Crippen LogP contribution in [0.2, 0.25) is 0 Å². The third-order valence-corrected chi connectivity index (χ3v) is 16.6. The van der Waals surface area contributed by atoms with Crippen LogP contribution in [0.4, 0.5) is 4.79 Å². The fourth-order valence-corrected chi connectivity index (χ4v) is 12.0. The molecule has 0 bridgehead atoms. The minimum absolute atomic E-state index is 0.0843. The lowest BCUT2D eigenvalue weighted by molar-refractivity contribution is -0.315. The van der Waals surface area contributed by atoms with Crippen LogP contribution in [0.5, 0.6) is 0 Å². The number of fused-ring (bicyclic) bond motifs is 1. The van der Waals surface area contributed by atoms with Gasteiger partial charge in [0.05, 0.1) is 46.9 Å². The van der Waals surface area contributed by atoms with Crippen molar-refractivity contribution in [3.05, 3.63) is 29.8 Å². The number of carbonyl (C=O) groups is 4. The largest absolute Gasteiger partial charge is 0.458 e. The Morgan fingerprint density at radius 3 is 1.99 bits per heavy atom. The number of aliphatic hydroxyl groups is 1. The van der Waals surface area contributed by atoms with Gasteiger partial charge in [-0.3, -0.25) is 19.3 Å². The Bertz CT molecular complexity index is 2060. The summed E-state index contributed by atoms with van der Waals surface area (Å²) in [5, 5.41) is 10.4. The van der Waals surface area contributed by atoms with Crippen LogP contribution in [-0.2, 0) is 66.1 Å². The molecule has 4 saturated heterocycles. The third kappa shape index (κ3) is 13.2. The van der Waals surface area contributed by atoms with Gasteiger partial charge in [-0.15, -0.1) is 0 Å². The Balaban J connectivity index is 0.000000850. The van der Waals surface area contributed by atoms with Crippen LogP contribution >= 0.6 is 10.7 Å². The van der Waals surface area contributed by atoms with Gasteiger partial charge in [0.15, 0.2) is 24.3 Å². The summed E-state index contributed by atoms with van der Waals surface area (Å²) >= 11 is 0. The quantitative estimate of drug-likeness (QED) is 0.140. The number of rotatable bonds is 11. The molecule has 4 aliphatic heterocycles. The number of amides is 1. The average molecular weight is 1030 g/mol. The number of halogens is 1. The van der Waals surface area contributed by atoms with Crippen LogP contribution in [0, 0.1) is 36.5 Å². The molecule has 20 heteroatoms. The molecule has 8 unspecified atom stereocenters. The van der Waals surface area contributed by atoms with Gasteiger partial charge >= 0.3 is 18.0 Å². The molecular formula is C50H81ClN2O16S. The van der Waals surface area contributed by atoms with Gasteiger partial charge in [0.25, 0.3) is 9.05 Å². The Hall–Kier alpha value is -2.98. The number of hydrogen-bond acceptors (Lipinski definition) is 17. The summed E-state index contributed by atoms with van der Waals surface area (Å²) < 4.78 is 78.8. The van der Waals surface area contributed by atoms with E-state index in [0.717, 1.165) is 16.9 Å². The molecule has 4 aliphatic rings. The fraction of sp³-hybridized carbons (Fsp3) is 0.800. The topological polar surface area (TPSA) is 212 Å². The maximum Gasteiger partial charge on any atom is 0.412 e. The summed E-state index contributed by atoms with van der Waals surface area (Å²) in [6.45, 7) is 22.7. The van der Waals surface area contributed by atoms with Crippen molar-refractivity contribution in [1.29, 1.82) is 0 Å². The van der Waals surface area contributed by atoms with Gasteiger partial charge in [-0.1, -0.05) is 52.3 Å². The van der Waals surface area contributed by atoms with E-state index in [9.17, 15) is 32.7 Å². The van der Waals surface area contributed by atoms with Crippen molar-refractivity contribution in [2.75, 3.05) is 35.0 Å². The van der Waals surface area contributed by atoms with E-state index < -0.39 is 123 Å². The summed E-state index contributed by atoms with van der Waals surface area (Å²) in [5.74, 6) is -4.50. The number of hydrogen-bond donors (Lipinski definition) is 1. The first-order chi connectivity index (χ1) is 32.4. The molecule has 0 radical (unpaired) electrons. The van der Waals surface area contributed by atoms with Gasteiger partial charge < -0.3 is 52.6 Å². The van der Waals surface area contributed by atoms with E-state index in [4.69, 9.17) is 53.3 Å². The number of ether oxygens (including phenoxy) is 9. The predicted molar refractivity (Wildman–Crippen MR) is 259 cm³/mol. The molecule has 0 aliphatic carbocycles. The number of carbonyl (C=O) groups excluding carboxylic acids is 4. The highest BCUT2D eigenvalue weighted by atomic mass is 35.7. The molecule has 1 aromatic carbocycles. The zero-order chi connectivity index (χ0) is 53.0. The summed E-state index contributed by atoms with van der Waals surface area (Å²) in [6, 6.07) is 5.54. The Morgan fingerprint density at radius 2 is 1.47 bits per heavy atom. The van der Waals surface area contributed by atoms with E-state index in [1.54, 1.807) is 53.9 Å². The van der Waals surface area contributed by atoms with Gasteiger partial charge in [0.2, 0.25) is 0 Å². The molecule has 18 nitrogen and oxygen atoms in total. The highest BCUT2D eigenvalue weighted by Crippen LogP contribution is 2.45. The molecule has 0 saturated carbocycles. The van der Waals surface area contributed by atoms with Gasteiger partial charge in [0.1, 0.15) is 24.2 Å². The van der Waals surface area contributed by atoms with E-state index in [0.29, 0.717) is 0 Å². The number of benzene rings is 1. The molecule has 4 fully saturated rings. The molecule has 400 valence electrons. The lowest BCUT2D eigenvalue weighted by Crippen LogP contribution is -2.61. The number of cyclic esters (lactones) is 1. The average Bonchev–Trinajstić information content (AvgIpc) is 3.55. The van der Waals surface area contributed by atoms with Crippen LogP contribution in [-0.4, -0.2) is 160 Å². The van der Waals surface area contributed by atoms with Crippen molar-refractivity contribution in [1.82, 2.24) is 9.80 Å². The first-order valence-electron chi connectivity index (χ1n) is 24.3. The molecule has 0 aromatic heterocycles. The van der Waals surface area contributed by atoms with Gasteiger partial charge in [-0.2, -0.15) is 0 Å². The first kappa shape index (κ1) is 59.6. The maximum atomic E-state index is 14.7. The molecule has 5 rings (SSSR count). The van der Waals surface area contributed by atoms with Crippen LogP contribution < -0.4 is 0 Å². The lowest BCUT2D eigenvalue weighted by atomic mass is 9.73. The van der Waals surface area contributed by atoms with Gasteiger partial charge in [-0.25, -0.2) is 13.2 Å². The summed E-state index contributed by atoms with van der Waals surface area (Å²) in [7, 11) is 8.71. The van der Waals surface area contributed by atoms with E-state index >= 15 is 0 Å². The number of methoxy groups -OCH3 is 2. The summed E-state index contributed by atoms with van der Waals surface area (Å²) in [5.41, 5.74) is -2.69. The number of nitrogens with zero attached hydrogens (tertiary/aromatic N) is 2. The molecule has 4 heterocycles. The standard InChI is InChI=1S/C43H74N2O14.C7H7ClO2S/c1-17-31-43(12)35(45(21-46)40(50)59-43)25(5)33(48)22(2)19-41(10,51-15)36(58-39-24(4)30(44(13)14)18-23(3)53-39)26(6)34(27(7)38(49)56-31)57-32-20-42(11,52-16)37(28(8)54-32)55-29(9)47;1-6-2-4-7(5-3-6)11(8,9)10/h22-28,30-32,34-37,39,46H,17-21H2,1-16H3;2-5H,1H3/t22-,23?,24?,25+,26+,27-,28?,30?,31-,32?,34+,35-,36-,37?,39?,41+,42?,43-;/m1./s1. The SMILES string of the molecule is CC[C@H]1OC(=O)[C@H](C)[C@@H](OC2CC(C)(OC)C(OC(C)=O)C(C)O2)[C@H](C)[C@@H](OC2OC(C)CC(N(C)C)C2C)[C@@](C)(OC)C[C@@H](C)C(=O)[C@H](C)[C@H]2N(CO)C(=O)O[C@]12C.Cc1ccc(S(=O)(=O)Cl)cc1. The second-order valence-electron chi connectivity index (χ2n) is 20.8. The minimum Gasteiger partial charge on any atom is -0.458 e. The maximum absolute atomic E-state index is 14.7. The van der Waals surface area contributed by atoms with E-state index in [-0.39, 0.29) is 48.0 Å². The van der Waals surface area contributed by atoms with Crippen LogP contribution in [0.15, 0.2) is 29.2 Å². The van der Waals surface area contributed by atoms with Crippen molar-refractivity contribution in [3.8, 4) is 0 Å². The smallest absolute Gasteiger partial charge is 0.412 e. The highest BCUT2D eigenvalue weighted by Gasteiger charge is 2.61. The molecule has 1 N–H and O–H groups in total. The number of aliphatic hydroxyl groups excluding tert-OH is 1. The number of esters is 2. The molecule has 0 spiro atoms. The normalized spacial score (nSPS) is 40.0. The second-order valence-corrected chi connectivity index (χ2v) is 23.3. The monoisotopic (exact) mass is 1030 g/mol. The van der Waals surface area contributed by atoms with Gasteiger partial charge in [-0.05, 0) is 94.0 Å². The Kier molecular flexibility index (Phi) is 20.4. The Morgan fingerprint density at radius 1 is 0.886 bits per heavy atom. The second kappa shape index (κ2) is 23.9. The van der Waals surface area contributed by atoms with Crippen molar-refractivity contribution >= 4 is 43.5 Å².